The number of nitrogens with one attached hydrogen (secondary N) is 2. The van der Waals surface area contributed by atoms with Crippen LogP contribution in [0.5, 0.6) is 0 Å². The van der Waals surface area contributed by atoms with Gasteiger partial charge in [-0.1, -0.05) is 34.1 Å². The molecule has 2 aromatic carbocycles. The second-order valence-corrected chi connectivity index (χ2v) is 9.99. The molecule has 1 atom stereocenters. The van der Waals surface area contributed by atoms with Crippen LogP contribution in [0.2, 0.25) is 0 Å². The van der Waals surface area contributed by atoms with Crippen molar-refractivity contribution in [2.24, 2.45) is 0 Å². The third kappa shape index (κ3) is 6.08. The normalized spacial score (nSPS) is 18.6. The van der Waals surface area contributed by atoms with Crippen molar-refractivity contribution in [2.75, 3.05) is 26.4 Å². The van der Waals surface area contributed by atoms with E-state index in [1.165, 1.54) is 12.1 Å². The molecule has 0 aliphatic heterocycles. The first-order valence-corrected chi connectivity index (χ1v) is 12.8. The zero-order valence-electron chi connectivity index (χ0n) is 20.4. The number of nitrogens with zero attached hydrogens (tertiary/aromatic N) is 2. The molecule has 7 nitrogen and oxygen atoms in total. The summed E-state index contributed by atoms with van der Waals surface area (Å²) < 4.78 is 21.5. The lowest BCUT2D eigenvalue weighted by atomic mass is 9.85. The van der Waals surface area contributed by atoms with Crippen LogP contribution in [0.25, 0.3) is 11.3 Å². The van der Waals surface area contributed by atoms with Crippen molar-refractivity contribution in [3.05, 3.63) is 75.8 Å². The molecule has 1 fully saturated rings. The molecule has 4 rings (SSSR count). The number of anilines is 1. The van der Waals surface area contributed by atoms with Gasteiger partial charge in [0.2, 0.25) is 0 Å². The molecule has 0 radical (unpaired) electrons. The van der Waals surface area contributed by atoms with Crippen LogP contribution in [0.1, 0.15) is 59.3 Å². The number of halogens is 2. The maximum absolute atomic E-state index is 15.2. The Labute approximate surface area is 219 Å². The number of hydrogen-bond acceptors (Lipinski definition) is 6. The summed E-state index contributed by atoms with van der Waals surface area (Å²) in [5, 5.41) is 6.00. The summed E-state index contributed by atoms with van der Waals surface area (Å²) in [5.41, 5.74) is 8.73. The third-order valence-corrected chi connectivity index (χ3v) is 7.19. The smallest absolute Gasteiger partial charge is 0.254 e. The summed E-state index contributed by atoms with van der Waals surface area (Å²) in [5.74, 6) is -0.651. The summed E-state index contributed by atoms with van der Waals surface area (Å²) in [4.78, 5) is 22.1. The number of amides is 1. The zero-order chi connectivity index (χ0) is 25.7. The Morgan fingerprint density at radius 3 is 2.67 bits per heavy atom. The zero-order valence-corrected chi connectivity index (χ0v) is 22.0. The SMILES string of the molecule is CNC[C@@H](NC(=O)c1ccc(-c2nc([C@H]3CC[C@H](OC)CC3)cnc2N)cc1F)c1cccc(Br)c1. The highest BCUT2D eigenvalue weighted by molar-refractivity contribution is 9.10. The minimum Gasteiger partial charge on any atom is -0.382 e. The van der Waals surface area contributed by atoms with Gasteiger partial charge in [-0.05, 0) is 62.6 Å². The number of aromatic nitrogens is 2. The van der Waals surface area contributed by atoms with E-state index in [9.17, 15) is 4.79 Å². The van der Waals surface area contributed by atoms with Crippen LogP contribution in [0.15, 0.2) is 53.1 Å². The quantitative estimate of drug-likeness (QED) is 0.362. The van der Waals surface area contributed by atoms with Crippen LogP contribution in [-0.2, 0) is 4.74 Å². The number of benzene rings is 2. The molecule has 9 heteroatoms. The molecule has 36 heavy (non-hydrogen) atoms. The molecule has 1 amide bonds. The molecule has 0 spiro atoms. The standard InChI is InChI=1S/C27H31BrFN5O2/c1-31-14-23(17-4-3-5-19(28)12-17)34-27(35)21-11-8-18(13-22(21)29)25-26(30)32-15-24(33-25)16-6-9-20(36-2)10-7-16/h3-5,8,11-13,15-16,20,23,31H,6-7,9-10,14H2,1-2H3,(H2,30,32)(H,34,35)/t16-,20-,23-/m1/s1. The van der Waals surface area contributed by atoms with Crippen molar-refractivity contribution in [2.45, 2.75) is 43.7 Å². The largest absolute Gasteiger partial charge is 0.382 e. The van der Waals surface area contributed by atoms with Crippen LogP contribution >= 0.6 is 15.9 Å². The molecule has 1 aliphatic carbocycles. The average Bonchev–Trinajstić information content (AvgIpc) is 2.88. The van der Waals surface area contributed by atoms with E-state index in [1.807, 2.05) is 24.3 Å². The van der Waals surface area contributed by atoms with Gasteiger partial charge in [0.25, 0.3) is 5.91 Å². The van der Waals surface area contributed by atoms with Crippen molar-refractivity contribution >= 4 is 27.7 Å². The maximum atomic E-state index is 15.2. The number of hydrogen-bond donors (Lipinski definition) is 3. The first kappa shape index (κ1) is 26.2. The molecule has 0 saturated heterocycles. The minimum absolute atomic E-state index is 0.0459. The van der Waals surface area contributed by atoms with Crippen LogP contribution in [0.4, 0.5) is 10.2 Å². The van der Waals surface area contributed by atoms with Gasteiger partial charge in [0.05, 0.1) is 29.6 Å². The lowest BCUT2D eigenvalue weighted by Crippen LogP contribution is -2.35. The highest BCUT2D eigenvalue weighted by Crippen LogP contribution is 2.34. The van der Waals surface area contributed by atoms with Crippen LogP contribution in [0.3, 0.4) is 0 Å². The highest BCUT2D eigenvalue weighted by atomic mass is 79.9. The van der Waals surface area contributed by atoms with Gasteiger partial charge in [-0.2, -0.15) is 0 Å². The lowest BCUT2D eigenvalue weighted by Gasteiger charge is -2.27. The van der Waals surface area contributed by atoms with Crippen molar-refractivity contribution in [1.82, 2.24) is 20.6 Å². The second-order valence-electron chi connectivity index (χ2n) is 9.07. The van der Waals surface area contributed by atoms with Gasteiger partial charge in [0.15, 0.2) is 0 Å². The lowest BCUT2D eigenvalue weighted by molar-refractivity contribution is 0.0655. The minimum atomic E-state index is -0.644. The highest BCUT2D eigenvalue weighted by Gasteiger charge is 2.25. The van der Waals surface area contributed by atoms with Gasteiger partial charge in [-0.25, -0.2) is 14.4 Å². The van der Waals surface area contributed by atoms with Crippen molar-refractivity contribution < 1.29 is 13.9 Å². The molecule has 3 aromatic rings. The Bertz CT molecular complexity index is 1220. The third-order valence-electron chi connectivity index (χ3n) is 6.70. The maximum Gasteiger partial charge on any atom is 0.254 e. The summed E-state index contributed by atoms with van der Waals surface area (Å²) in [6.07, 6.45) is 5.83. The van der Waals surface area contributed by atoms with Crippen molar-refractivity contribution in [3.63, 3.8) is 0 Å². The molecule has 0 unspecified atom stereocenters. The number of carbonyl (C=O) groups is 1. The summed E-state index contributed by atoms with van der Waals surface area (Å²) in [6.45, 7) is 0.493. The molecule has 1 heterocycles. The number of nitrogens with two attached hydrogens (primary N) is 1. The molecule has 1 aromatic heterocycles. The number of rotatable bonds is 8. The van der Waals surface area contributed by atoms with Gasteiger partial charge < -0.3 is 21.1 Å². The number of ether oxygens (including phenoxy) is 1. The second kappa shape index (κ2) is 11.9. The van der Waals surface area contributed by atoms with E-state index >= 15 is 4.39 Å². The van der Waals surface area contributed by atoms with E-state index in [1.54, 1.807) is 26.4 Å². The Kier molecular flexibility index (Phi) is 8.66. The van der Waals surface area contributed by atoms with Crippen LogP contribution in [-0.4, -0.2) is 42.7 Å². The van der Waals surface area contributed by atoms with E-state index < -0.39 is 11.7 Å². The Morgan fingerprint density at radius 1 is 1.22 bits per heavy atom. The molecule has 0 bridgehead atoms. The molecule has 190 valence electrons. The van der Waals surface area contributed by atoms with Gasteiger partial charge in [0, 0.05) is 29.6 Å². The van der Waals surface area contributed by atoms with E-state index in [0.29, 0.717) is 17.8 Å². The molecule has 1 saturated carbocycles. The van der Waals surface area contributed by atoms with Gasteiger partial charge in [-0.15, -0.1) is 0 Å². The van der Waals surface area contributed by atoms with E-state index in [4.69, 9.17) is 15.5 Å². The summed E-state index contributed by atoms with van der Waals surface area (Å²) in [6, 6.07) is 11.8. The number of nitrogen functional groups attached to an aromatic ring is 1. The Morgan fingerprint density at radius 2 is 2.00 bits per heavy atom. The number of carbonyl (C=O) groups excluding carboxylic acids is 1. The Balaban J connectivity index is 1.54. The monoisotopic (exact) mass is 555 g/mol. The fraction of sp³-hybridized carbons (Fsp3) is 0.370. The predicted octanol–water partition coefficient (Wildman–Crippen LogP) is 4.99. The van der Waals surface area contributed by atoms with Crippen LogP contribution < -0.4 is 16.4 Å². The van der Waals surface area contributed by atoms with Gasteiger partial charge in [0.1, 0.15) is 17.3 Å². The van der Waals surface area contributed by atoms with E-state index in [2.05, 4.69) is 31.5 Å². The number of methoxy groups -OCH3 is 1. The summed E-state index contributed by atoms with van der Waals surface area (Å²) >= 11 is 3.46. The number of likely N-dealkylation sites (N-methyl/N-ethyl adjacent to an activating group) is 1. The van der Waals surface area contributed by atoms with Gasteiger partial charge in [-0.3, -0.25) is 4.79 Å². The van der Waals surface area contributed by atoms with Crippen LogP contribution in [0, 0.1) is 5.82 Å². The van der Waals surface area contributed by atoms with E-state index in [0.717, 1.165) is 41.4 Å². The van der Waals surface area contributed by atoms with Crippen molar-refractivity contribution in [3.8, 4) is 11.3 Å². The molecule has 4 N–H and O–H groups in total. The fourth-order valence-electron chi connectivity index (χ4n) is 4.68. The molecular weight excluding hydrogens is 525 g/mol. The first-order chi connectivity index (χ1) is 17.4. The summed E-state index contributed by atoms with van der Waals surface area (Å²) in [7, 11) is 3.54. The van der Waals surface area contributed by atoms with E-state index in [-0.39, 0.29) is 29.4 Å². The fourth-order valence-corrected chi connectivity index (χ4v) is 5.09. The Hall–Kier alpha value is -2.88. The topological polar surface area (TPSA) is 102 Å². The first-order valence-electron chi connectivity index (χ1n) is 12.1. The molecule has 1 aliphatic rings. The average molecular weight is 556 g/mol. The van der Waals surface area contributed by atoms with Gasteiger partial charge >= 0.3 is 0 Å². The predicted molar refractivity (Wildman–Crippen MR) is 142 cm³/mol. The molecular formula is C27H31BrFN5O2. The van der Waals surface area contributed by atoms with Crippen molar-refractivity contribution in [1.29, 1.82) is 0 Å².